The van der Waals surface area contributed by atoms with Crippen LogP contribution in [0, 0.1) is 6.92 Å². The number of hydrogen-bond donors (Lipinski definition) is 1. The van der Waals surface area contributed by atoms with Gasteiger partial charge in [-0.2, -0.15) is 0 Å². The van der Waals surface area contributed by atoms with E-state index < -0.39 is 0 Å². The molecule has 0 spiro atoms. The standard InChI is InChI=1S/C22H24N4O/c1-15-5-3-6-18(23-15)14-26(2)13-16-9-11-17(12-10-16)21-24-20-8-4-7-19(20)22(27)25-21/h3,5-6,9-12H,4,7-8,13-14H2,1-2H3,(H,24,25,27). The molecule has 27 heavy (non-hydrogen) atoms. The van der Waals surface area contributed by atoms with Crippen molar-refractivity contribution in [2.75, 3.05) is 7.05 Å². The molecule has 0 radical (unpaired) electrons. The Labute approximate surface area is 159 Å². The summed E-state index contributed by atoms with van der Waals surface area (Å²) < 4.78 is 0. The van der Waals surface area contributed by atoms with Gasteiger partial charge in [-0.15, -0.1) is 0 Å². The quantitative estimate of drug-likeness (QED) is 0.759. The number of aromatic amines is 1. The van der Waals surface area contributed by atoms with Crippen molar-refractivity contribution in [2.24, 2.45) is 0 Å². The first-order chi connectivity index (χ1) is 13.1. The van der Waals surface area contributed by atoms with Crippen LogP contribution >= 0.6 is 0 Å². The molecule has 0 unspecified atom stereocenters. The first-order valence-electron chi connectivity index (χ1n) is 9.41. The van der Waals surface area contributed by atoms with Gasteiger partial charge in [0.1, 0.15) is 5.82 Å². The molecule has 0 atom stereocenters. The third-order valence-corrected chi connectivity index (χ3v) is 5.00. The second-order valence-corrected chi connectivity index (χ2v) is 7.33. The van der Waals surface area contributed by atoms with E-state index in [9.17, 15) is 4.79 Å². The highest BCUT2D eigenvalue weighted by atomic mass is 16.1. The number of nitrogens with one attached hydrogen (secondary N) is 1. The highest BCUT2D eigenvalue weighted by molar-refractivity contribution is 5.55. The molecule has 0 amide bonds. The second kappa shape index (κ2) is 7.45. The molecule has 0 bridgehead atoms. The molecule has 0 saturated heterocycles. The van der Waals surface area contributed by atoms with E-state index >= 15 is 0 Å². The van der Waals surface area contributed by atoms with E-state index in [1.807, 2.05) is 31.2 Å². The van der Waals surface area contributed by atoms with Gasteiger partial charge in [0, 0.05) is 29.9 Å². The molecule has 0 saturated carbocycles. The summed E-state index contributed by atoms with van der Waals surface area (Å²) in [5.74, 6) is 0.671. The van der Waals surface area contributed by atoms with E-state index in [1.165, 1.54) is 5.56 Å². The van der Waals surface area contributed by atoms with E-state index in [-0.39, 0.29) is 5.56 Å². The number of nitrogens with zero attached hydrogens (tertiary/aromatic N) is 3. The lowest BCUT2D eigenvalue weighted by Gasteiger charge is -2.16. The summed E-state index contributed by atoms with van der Waals surface area (Å²) in [6.07, 6.45) is 2.77. The number of aryl methyl sites for hydroxylation is 2. The van der Waals surface area contributed by atoms with E-state index in [0.29, 0.717) is 5.82 Å². The minimum Gasteiger partial charge on any atom is -0.306 e. The molecule has 1 aromatic carbocycles. The van der Waals surface area contributed by atoms with Crippen molar-refractivity contribution >= 4 is 0 Å². The second-order valence-electron chi connectivity index (χ2n) is 7.33. The van der Waals surface area contributed by atoms with E-state index in [4.69, 9.17) is 0 Å². The number of benzene rings is 1. The first kappa shape index (κ1) is 17.6. The average Bonchev–Trinajstić information content (AvgIpc) is 3.11. The van der Waals surface area contributed by atoms with Gasteiger partial charge in [-0.05, 0) is 50.9 Å². The van der Waals surface area contributed by atoms with E-state index in [1.54, 1.807) is 0 Å². The van der Waals surface area contributed by atoms with E-state index in [0.717, 1.165) is 60.6 Å². The van der Waals surface area contributed by atoms with Crippen molar-refractivity contribution in [3.8, 4) is 11.4 Å². The highest BCUT2D eigenvalue weighted by Crippen LogP contribution is 2.21. The minimum absolute atomic E-state index is 0.0157. The number of hydrogen-bond acceptors (Lipinski definition) is 4. The van der Waals surface area contributed by atoms with Crippen LogP contribution in [0.4, 0.5) is 0 Å². The number of pyridine rings is 1. The Morgan fingerprint density at radius 1 is 1.04 bits per heavy atom. The SMILES string of the molecule is Cc1cccc(CN(C)Cc2ccc(-c3nc4c(c(=O)[nH]3)CCC4)cc2)n1. The van der Waals surface area contributed by atoms with Crippen LogP contribution in [0.15, 0.2) is 47.3 Å². The normalized spacial score (nSPS) is 13.1. The van der Waals surface area contributed by atoms with Crippen molar-refractivity contribution in [1.82, 2.24) is 19.9 Å². The van der Waals surface area contributed by atoms with Gasteiger partial charge < -0.3 is 4.98 Å². The topological polar surface area (TPSA) is 61.9 Å². The Morgan fingerprint density at radius 3 is 2.63 bits per heavy atom. The summed E-state index contributed by atoms with van der Waals surface area (Å²) in [5.41, 5.74) is 6.13. The van der Waals surface area contributed by atoms with Gasteiger partial charge in [0.15, 0.2) is 0 Å². The highest BCUT2D eigenvalue weighted by Gasteiger charge is 2.17. The van der Waals surface area contributed by atoms with Crippen LogP contribution < -0.4 is 5.56 Å². The van der Waals surface area contributed by atoms with Crippen LogP contribution in [-0.2, 0) is 25.9 Å². The largest absolute Gasteiger partial charge is 0.306 e. The van der Waals surface area contributed by atoms with Crippen molar-refractivity contribution < 1.29 is 0 Å². The summed E-state index contributed by atoms with van der Waals surface area (Å²) in [7, 11) is 2.09. The van der Waals surface area contributed by atoms with Gasteiger partial charge in [0.2, 0.25) is 0 Å². The number of H-pyrrole nitrogens is 1. The molecule has 138 valence electrons. The molecule has 0 aliphatic heterocycles. The van der Waals surface area contributed by atoms with Gasteiger partial charge in [0.25, 0.3) is 5.56 Å². The molecule has 1 N–H and O–H groups in total. The zero-order valence-corrected chi connectivity index (χ0v) is 15.8. The Hall–Kier alpha value is -2.79. The van der Waals surface area contributed by atoms with Crippen LogP contribution in [-0.4, -0.2) is 26.9 Å². The molecular formula is C22H24N4O. The molecule has 2 aromatic heterocycles. The monoisotopic (exact) mass is 360 g/mol. The lowest BCUT2D eigenvalue weighted by Crippen LogP contribution is -2.18. The Kier molecular flexibility index (Phi) is 4.86. The van der Waals surface area contributed by atoms with Crippen LogP contribution in [0.2, 0.25) is 0 Å². The zero-order valence-electron chi connectivity index (χ0n) is 15.8. The molecule has 5 heteroatoms. The first-order valence-corrected chi connectivity index (χ1v) is 9.41. The lowest BCUT2D eigenvalue weighted by atomic mass is 10.1. The molecule has 1 aliphatic carbocycles. The fourth-order valence-electron chi connectivity index (χ4n) is 3.68. The summed E-state index contributed by atoms with van der Waals surface area (Å²) in [6, 6.07) is 14.4. The molecule has 1 aliphatic rings. The maximum atomic E-state index is 12.2. The Morgan fingerprint density at radius 2 is 1.85 bits per heavy atom. The number of aromatic nitrogens is 3. The average molecular weight is 360 g/mol. The van der Waals surface area contributed by atoms with Crippen LogP contribution in [0.1, 0.15) is 34.6 Å². The predicted molar refractivity (Wildman–Crippen MR) is 106 cm³/mol. The Bertz CT molecular complexity index is 1010. The van der Waals surface area contributed by atoms with Gasteiger partial charge >= 0.3 is 0 Å². The van der Waals surface area contributed by atoms with Gasteiger partial charge in [-0.3, -0.25) is 14.7 Å². The summed E-state index contributed by atoms with van der Waals surface area (Å²) in [6.45, 7) is 3.66. The van der Waals surface area contributed by atoms with Crippen LogP contribution in [0.5, 0.6) is 0 Å². The maximum absolute atomic E-state index is 12.2. The van der Waals surface area contributed by atoms with Gasteiger partial charge in [-0.1, -0.05) is 30.3 Å². The molecular weight excluding hydrogens is 336 g/mol. The lowest BCUT2D eigenvalue weighted by molar-refractivity contribution is 0.315. The van der Waals surface area contributed by atoms with E-state index in [2.05, 4.69) is 45.1 Å². The predicted octanol–water partition coefficient (Wildman–Crippen LogP) is 3.26. The molecule has 3 aromatic rings. The molecule has 2 heterocycles. The van der Waals surface area contributed by atoms with Gasteiger partial charge in [-0.25, -0.2) is 4.98 Å². The summed E-state index contributed by atoms with van der Waals surface area (Å²) in [5, 5.41) is 0. The molecule has 4 rings (SSSR count). The van der Waals surface area contributed by atoms with Crippen molar-refractivity contribution in [1.29, 1.82) is 0 Å². The van der Waals surface area contributed by atoms with Crippen LogP contribution in [0.3, 0.4) is 0 Å². The third kappa shape index (κ3) is 3.98. The van der Waals surface area contributed by atoms with Crippen LogP contribution in [0.25, 0.3) is 11.4 Å². The Balaban J connectivity index is 1.46. The molecule has 5 nitrogen and oxygen atoms in total. The zero-order chi connectivity index (χ0) is 18.8. The van der Waals surface area contributed by atoms with Crippen molar-refractivity contribution in [3.05, 3.63) is 81.0 Å². The third-order valence-electron chi connectivity index (χ3n) is 5.00. The van der Waals surface area contributed by atoms with Gasteiger partial charge in [0.05, 0.1) is 11.4 Å². The fraction of sp³-hybridized carbons (Fsp3) is 0.318. The number of fused-ring (bicyclic) bond motifs is 1. The van der Waals surface area contributed by atoms with Crippen molar-refractivity contribution in [3.63, 3.8) is 0 Å². The van der Waals surface area contributed by atoms with Crippen molar-refractivity contribution in [2.45, 2.75) is 39.3 Å². The number of rotatable bonds is 5. The summed E-state index contributed by atoms with van der Waals surface area (Å²) in [4.78, 5) is 26.6. The maximum Gasteiger partial charge on any atom is 0.254 e. The minimum atomic E-state index is 0.0157. The molecule has 0 fully saturated rings. The fourth-order valence-corrected chi connectivity index (χ4v) is 3.68. The summed E-state index contributed by atoms with van der Waals surface area (Å²) >= 11 is 0. The smallest absolute Gasteiger partial charge is 0.254 e.